The van der Waals surface area contributed by atoms with Crippen LogP contribution in [0, 0.1) is 0 Å². The Hall–Kier alpha value is -3.00. The third-order valence-corrected chi connectivity index (χ3v) is 4.44. The van der Waals surface area contributed by atoms with Gasteiger partial charge in [0.05, 0.1) is 17.0 Å². The molecule has 2 heterocycles. The first kappa shape index (κ1) is 17.8. The van der Waals surface area contributed by atoms with Crippen LogP contribution < -0.4 is 10.9 Å². The SMILES string of the molecule is CCCCOC(=O)c1ccc(Nc2nnc(-c3cccs3)c(=O)[nH]2)cc1. The number of aromatic nitrogens is 3. The Balaban J connectivity index is 1.67. The quantitative estimate of drug-likeness (QED) is 0.487. The van der Waals surface area contributed by atoms with E-state index >= 15 is 0 Å². The average Bonchev–Trinajstić information content (AvgIpc) is 3.17. The number of anilines is 2. The summed E-state index contributed by atoms with van der Waals surface area (Å²) in [4.78, 5) is 27.4. The van der Waals surface area contributed by atoms with Gasteiger partial charge in [0.1, 0.15) is 0 Å². The molecule has 0 saturated carbocycles. The van der Waals surface area contributed by atoms with Crippen molar-refractivity contribution in [2.75, 3.05) is 11.9 Å². The summed E-state index contributed by atoms with van der Waals surface area (Å²) in [5.41, 5.74) is 1.11. The van der Waals surface area contributed by atoms with Crippen molar-refractivity contribution in [1.29, 1.82) is 0 Å². The maximum Gasteiger partial charge on any atom is 0.338 e. The molecule has 0 saturated heterocycles. The minimum Gasteiger partial charge on any atom is -0.462 e. The molecule has 26 heavy (non-hydrogen) atoms. The number of ether oxygens (including phenoxy) is 1. The number of nitrogens with one attached hydrogen (secondary N) is 2. The van der Waals surface area contributed by atoms with Gasteiger partial charge in [-0.3, -0.25) is 9.78 Å². The molecule has 8 heteroatoms. The Labute approximate surface area is 154 Å². The summed E-state index contributed by atoms with van der Waals surface area (Å²) >= 11 is 1.42. The summed E-state index contributed by atoms with van der Waals surface area (Å²) in [6, 6.07) is 10.4. The zero-order valence-electron chi connectivity index (χ0n) is 14.2. The first-order valence-electron chi connectivity index (χ1n) is 8.22. The van der Waals surface area contributed by atoms with Crippen LogP contribution >= 0.6 is 11.3 Å². The van der Waals surface area contributed by atoms with E-state index in [9.17, 15) is 9.59 Å². The van der Waals surface area contributed by atoms with Crippen molar-refractivity contribution in [3.63, 3.8) is 0 Å². The van der Waals surface area contributed by atoms with Gasteiger partial charge in [-0.2, -0.15) is 0 Å². The Kier molecular flexibility index (Phi) is 5.75. The van der Waals surface area contributed by atoms with Crippen molar-refractivity contribution < 1.29 is 9.53 Å². The molecule has 0 aliphatic heterocycles. The molecule has 0 aliphatic rings. The lowest BCUT2D eigenvalue weighted by Gasteiger charge is -2.07. The van der Waals surface area contributed by atoms with Crippen LogP contribution in [0.1, 0.15) is 30.1 Å². The number of carbonyl (C=O) groups is 1. The predicted octanol–water partition coefficient (Wildman–Crippen LogP) is 3.59. The van der Waals surface area contributed by atoms with E-state index in [-0.39, 0.29) is 23.2 Å². The van der Waals surface area contributed by atoms with E-state index in [1.165, 1.54) is 11.3 Å². The van der Waals surface area contributed by atoms with Gasteiger partial charge in [-0.05, 0) is 42.1 Å². The number of unbranched alkanes of at least 4 members (excludes halogenated alkanes) is 1. The van der Waals surface area contributed by atoms with Gasteiger partial charge in [0.25, 0.3) is 5.56 Å². The van der Waals surface area contributed by atoms with E-state index in [0.29, 0.717) is 17.9 Å². The highest BCUT2D eigenvalue weighted by molar-refractivity contribution is 7.13. The van der Waals surface area contributed by atoms with Crippen molar-refractivity contribution in [2.24, 2.45) is 0 Å². The van der Waals surface area contributed by atoms with Gasteiger partial charge >= 0.3 is 5.97 Å². The highest BCUT2D eigenvalue weighted by Gasteiger charge is 2.10. The van der Waals surface area contributed by atoms with Gasteiger partial charge in [0, 0.05) is 5.69 Å². The summed E-state index contributed by atoms with van der Waals surface area (Å²) in [5, 5.41) is 12.8. The van der Waals surface area contributed by atoms with Crippen LogP contribution in [-0.2, 0) is 4.74 Å². The molecule has 2 N–H and O–H groups in total. The molecule has 0 bridgehead atoms. The van der Waals surface area contributed by atoms with Crippen molar-refractivity contribution in [3.05, 3.63) is 57.7 Å². The van der Waals surface area contributed by atoms with E-state index in [0.717, 1.165) is 17.7 Å². The van der Waals surface area contributed by atoms with Gasteiger partial charge in [0.15, 0.2) is 5.69 Å². The molecule has 3 rings (SSSR count). The van der Waals surface area contributed by atoms with Gasteiger partial charge in [0.2, 0.25) is 5.95 Å². The molecule has 0 unspecified atom stereocenters. The van der Waals surface area contributed by atoms with E-state index in [1.807, 2.05) is 24.4 Å². The van der Waals surface area contributed by atoms with E-state index in [1.54, 1.807) is 24.3 Å². The summed E-state index contributed by atoms with van der Waals surface area (Å²) in [6.45, 7) is 2.46. The number of hydrogen-bond acceptors (Lipinski definition) is 7. The number of nitrogens with zero attached hydrogens (tertiary/aromatic N) is 2. The molecular weight excluding hydrogens is 352 g/mol. The van der Waals surface area contributed by atoms with Gasteiger partial charge in [-0.15, -0.1) is 21.5 Å². The summed E-state index contributed by atoms with van der Waals surface area (Å²) in [5.74, 6) is -0.118. The summed E-state index contributed by atoms with van der Waals surface area (Å²) in [6.07, 6.45) is 1.82. The number of hydrogen-bond donors (Lipinski definition) is 2. The van der Waals surface area contributed by atoms with Crippen LogP contribution in [0.3, 0.4) is 0 Å². The van der Waals surface area contributed by atoms with Gasteiger partial charge in [-0.1, -0.05) is 19.4 Å². The van der Waals surface area contributed by atoms with E-state index in [4.69, 9.17) is 4.74 Å². The standard InChI is InChI=1S/C18H18N4O3S/c1-2-3-10-25-17(24)12-6-8-13(9-7-12)19-18-20-16(23)15(21-22-18)14-5-4-11-26-14/h4-9,11H,2-3,10H2,1H3,(H2,19,20,22,23). The maximum atomic E-state index is 12.1. The number of H-pyrrole nitrogens is 1. The van der Waals surface area contributed by atoms with Crippen LogP contribution in [0.15, 0.2) is 46.6 Å². The third kappa shape index (κ3) is 4.34. The summed E-state index contributed by atoms with van der Waals surface area (Å²) < 4.78 is 5.16. The van der Waals surface area contributed by atoms with Crippen molar-refractivity contribution in [1.82, 2.24) is 15.2 Å². The fraction of sp³-hybridized carbons (Fsp3) is 0.222. The van der Waals surface area contributed by atoms with Crippen LogP contribution in [-0.4, -0.2) is 27.8 Å². The van der Waals surface area contributed by atoms with Crippen molar-refractivity contribution >= 4 is 28.9 Å². The first-order valence-corrected chi connectivity index (χ1v) is 9.10. The summed E-state index contributed by atoms with van der Waals surface area (Å²) in [7, 11) is 0. The molecule has 134 valence electrons. The Morgan fingerprint density at radius 3 is 2.69 bits per heavy atom. The van der Waals surface area contributed by atoms with Gasteiger partial charge in [-0.25, -0.2) is 4.79 Å². The topological polar surface area (TPSA) is 97.0 Å². The van der Waals surface area contributed by atoms with Gasteiger partial charge < -0.3 is 10.1 Å². The highest BCUT2D eigenvalue weighted by Crippen LogP contribution is 2.19. The molecule has 7 nitrogen and oxygen atoms in total. The smallest absolute Gasteiger partial charge is 0.338 e. The lowest BCUT2D eigenvalue weighted by atomic mass is 10.2. The Morgan fingerprint density at radius 2 is 2.04 bits per heavy atom. The zero-order chi connectivity index (χ0) is 18.4. The van der Waals surface area contributed by atoms with Crippen LogP contribution in [0.4, 0.5) is 11.6 Å². The zero-order valence-corrected chi connectivity index (χ0v) is 15.0. The molecule has 3 aromatic rings. The minimum atomic E-state index is -0.349. The fourth-order valence-corrected chi connectivity index (χ4v) is 2.89. The second-order valence-corrected chi connectivity index (χ2v) is 6.47. The molecule has 0 amide bonds. The van der Waals surface area contributed by atoms with Crippen LogP contribution in [0.5, 0.6) is 0 Å². The number of aromatic amines is 1. The highest BCUT2D eigenvalue weighted by atomic mass is 32.1. The predicted molar refractivity (Wildman–Crippen MR) is 101 cm³/mol. The molecular formula is C18H18N4O3S. The molecule has 1 aromatic carbocycles. The van der Waals surface area contributed by atoms with Crippen LogP contribution in [0.25, 0.3) is 10.6 Å². The van der Waals surface area contributed by atoms with Crippen molar-refractivity contribution in [2.45, 2.75) is 19.8 Å². The third-order valence-electron chi connectivity index (χ3n) is 3.57. The number of thiophene rings is 1. The second kappa shape index (κ2) is 8.39. The van der Waals surface area contributed by atoms with Crippen molar-refractivity contribution in [3.8, 4) is 10.6 Å². The normalized spacial score (nSPS) is 10.5. The Morgan fingerprint density at radius 1 is 1.23 bits per heavy atom. The number of benzene rings is 1. The molecule has 0 fully saturated rings. The molecule has 0 spiro atoms. The Bertz CT molecular complexity index is 920. The first-order chi connectivity index (χ1) is 12.7. The maximum absolute atomic E-state index is 12.1. The molecule has 0 atom stereocenters. The number of carbonyl (C=O) groups excluding carboxylic acids is 1. The largest absolute Gasteiger partial charge is 0.462 e. The second-order valence-electron chi connectivity index (χ2n) is 5.52. The number of esters is 1. The van der Waals surface area contributed by atoms with Crippen LogP contribution in [0.2, 0.25) is 0 Å². The minimum absolute atomic E-state index is 0.230. The monoisotopic (exact) mass is 370 g/mol. The number of rotatable bonds is 7. The lowest BCUT2D eigenvalue weighted by molar-refractivity contribution is 0.0500. The van der Waals surface area contributed by atoms with E-state index < -0.39 is 0 Å². The molecule has 0 aliphatic carbocycles. The lowest BCUT2D eigenvalue weighted by Crippen LogP contribution is -2.15. The fourth-order valence-electron chi connectivity index (χ4n) is 2.19. The van der Waals surface area contributed by atoms with E-state index in [2.05, 4.69) is 20.5 Å². The molecule has 2 aromatic heterocycles. The average molecular weight is 370 g/mol. The molecule has 0 radical (unpaired) electrons.